The molecule has 2 aromatic carbocycles. The van der Waals surface area contributed by atoms with Crippen molar-refractivity contribution in [3.05, 3.63) is 66.1 Å². The van der Waals surface area contributed by atoms with Gasteiger partial charge in [-0.1, -0.05) is 18.1 Å². The van der Waals surface area contributed by atoms with Crippen molar-refractivity contribution in [1.82, 2.24) is 4.98 Å². The summed E-state index contributed by atoms with van der Waals surface area (Å²) in [5.74, 6) is 1.33. The van der Waals surface area contributed by atoms with E-state index >= 15 is 0 Å². The molecule has 0 saturated heterocycles. The van der Waals surface area contributed by atoms with Gasteiger partial charge in [-0.2, -0.15) is 0 Å². The van der Waals surface area contributed by atoms with Crippen LogP contribution in [0.4, 0.5) is 10.1 Å². The van der Waals surface area contributed by atoms with Crippen molar-refractivity contribution in [3.8, 4) is 18.1 Å². The van der Waals surface area contributed by atoms with Crippen LogP contribution in [-0.2, 0) is 0 Å². The number of pyridine rings is 1. The van der Waals surface area contributed by atoms with Crippen LogP contribution in [0.15, 0.2) is 54.7 Å². The van der Waals surface area contributed by atoms with Crippen LogP contribution >= 0.6 is 0 Å². The van der Waals surface area contributed by atoms with Crippen LogP contribution in [-0.4, -0.2) is 24.5 Å². The molecule has 0 aliphatic heterocycles. The normalized spacial score (nSPS) is 10.3. The lowest BCUT2D eigenvalue weighted by Crippen LogP contribution is -2.27. The number of anilines is 1. The maximum absolute atomic E-state index is 14.6. The number of benzene rings is 2. The molecule has 5 heteroatoms. The molecule has 3 aromatic rings. The Bertz CT molecular complexity index is 979. The summed E-state index contributed by atoms with van der Waals surface area (Å²) in [5, 5.41) is 0.841. The van der Waals surface area contributed by atoms with Gasteiger partial charge in [-0.05, 0) is 36.4 Å². The predicted octanol–water partition coefficient (Wildman–Crippen LogP) is 3.66. The van der Waals surface area contributed by atoms with Crippen molar-refractivity contribution in [2.24, 2.45) is 0 Å². The Morgan fingerprint density at radius 3 is 2.92 bits per heavy atom. The smallest absolute Gasteiger partial charge is 0.258 e. The Labute approximate surface area is 144 Å². The number of fused-ring (bicyclic) bond motifs is 1. The van der Waals surface area contributed by atoms with Crippen molar-refractivity contribution >= 4 is 22.5 Å². The zero-order valence-corrected chi connectivity index (χ0v) is 13.6. The molecule has 0 bridgehead atoms. The van der Waals surface area contributed by atoms with Crippen molar-refractivity contribution < 1.29 is 13.9 Å². The second-order valence-corrected chi connectivity index (χ2v) is 5.36. The van der Waals surface area contributed by atoms with Gasteiger partial charge in [0.25, 0.3) is 5.91 Å². The lowest BCUT2D eigenvalue weighted by Gasteiger charge is -2.19. The van der Waals surface area contributed by atoms with Gasteiger partial charge < -0.3 is 9.64 Å². The van der Waals surface area contributed by atoms with E-state index in [9.17, 15) is 9.18 Å². The first kappa shape index (κ1) is 16.5. The number of amides is 1. The van der Waals surface area contributed by atoms with Crippen LogP contribution in [0.2, 0.25) is 0 Å². The van der Waals surface area contributed by atoms with Crippen molar-refractivity contribution in [2.45, 2.75) is 0 Å². The lowest BCUT2D eigenvalue weighted by atomic mass is 10.1. The lowest BCUT2D eigenvalue weighted by molar-refractivity contribution is 0.0992. The molecule has 0 aliphatic rings. The standard InChI is InChI=1S/C20H15FN2O2/c1-3-12-25-18-8-4-7-17(19(18)21)23(2)20(24)15-9-10-16-14(13-15)6-5-11-22-16/h1,4-11,13H,12H2,2H3. The van der Waals surface area contributed by atoms with Gasteiger partial charge in [0.2, 0.25) is 0 Å². The third-order valence-corrected chi connectivity index (χ3v) is 3.77. The number of carbonyl (C=O) groups excluding carboxylic acids is 1. The van der Waals surface area contributed by atoms with Gasteiger partial charge in [0.05, 0.1) is 11.2 Å². The maximum atomic E-state index is 14.6. The van der Waals surface area contributed by atoms with Gasteiger partial charge in [0, 0.05) is 24.2 Å². The first-order chi connectivity index (χ1) is 12.1. The number of rotatable bonds is 4. The molecule has 0 unspecified atom stereocenters. The van der Waals surface area contributed by atoms with E-state index in [1.165, 1.54) is 24.1 Å². The zero-order valence-electron chi connectivity index (χ0n) is 13.6. The van der Waals surface area contributed by atoms with Gasteiger partial charge >= 0.3 is 0 Å². The average molecular weight is 334 g/mol. The number of hydrogen-bond acceptors (Lipinski definition) is 3. The molecule has 124 valence electrons. The number of terminal acetylenes is 1. The van der Waals surface area contributed by atoms with Crippen LogP contribution in [0.3, 0.4) is 0 Å². The van der Waals surface area contributed by atoms with E-state index in [0.717, 1.165) is 10.9 Å². The minimum absolute atomic E-state index is 0.0119. The van der Waals surface area contributed by atoms with Crippen LogP contribution in [0, 0.1) is 18.2 Å². The van der Waals surface area contributed by atoms with Gasteiger partial charge in [0.1, 0.15) is 6.61 Å². The molecule has 0 spiro atoms. The minimum atomic E-state index is -0.629. The maximum Gasteiger partial charge on any atom is 0.258 e. The monoisotopic (exact) mass is 334 g/mol. The van der Waals surface area contributed by atoms with E-state index in [-0.39, 0.29) is 24.0 Å². The summed E-state index contributed by atoms with van der Waals surface area (Å²) >= 11 is 0. The first-order valence-corrected chi connectivity index (χ1v) is 7.59. The van der Waals surface area contributed by atoms with Crippen LogP contribution in [0.1, 0.15) is 10.4 Å². The van der Waals surface area contributed by atoms with E-state index in [4.69, 9.17) is 11.2 Å². The summed E-state index contributed by atoms with van der Waals surface area (Å²) in [6.07, 6.45) is 6.81. The molecule has 3 rings (SSSR count). The topological polar surface area (TPSA) is 42.4 Å². The quantitative estimate of drug-likeness (QED) is 0.684. The Morgan fingerprint density at radius 2 is 2.12 bits per heavy atom. The van der Waals surface area contributed by atoms with Crippen molar-refractivity contribution in [3.63, 3.8) is 0 Å². The number of halogens is 1. The molecule has 0 aliphatic carbocycles. The Morgan fingerprint density at radius 1 is 1.28 bits per heavy atom. The zero-order chi connectivity index (χ0) is 17.8. The molecular weight excluding hydrogens is 319 g/mol. The molecule has 1 heterocycles. The molecule has 0 fully saturated rings. The molecule has 0 saturated carbocycles. The fourth-order valence-electron chi connectivity index (χ4n) is 2.50. The van der Waals surface area contributed by atoms with Crippen LogP contribution < -0.4 is 9.64 Å². The van der Waals surface area contributed by atoms with E-state index in [0.29, 0.717) is 5.56 Å². The van der Waals surface area contributed by atoms with E-state index < -0.39 is 5.82 Å². The Balaban J connectivity index is 1.92. The predicted molar refractivity (Wildman–Crippen MR) is 95.2 cm³/mol. The molecule has 1 amide bonds. The summed E-state index contributed by atoms with van der Waals surface area (Å²) in [6.45, 7) is -0.0459. The number of hydrogen-bond donors (Lipinski definition) is 0. The largest absolute Gasteiger partial charge is 0.478 e. The van der Waals surface area contributed by atoms with Gasteiger partial charge in [-0.25, -0.2) is 4.39 Å². The molecule has 0 radical (unpaired) electrons. The summed E-state index contributed by atoms with van der Waals surface area (Å²) in [5.41, 5.74) is 1.35. The highest BCUT2D eigenvalue weighted by Gasteiger charge is 2.19. The summed E-state index contributed by atoms with van der Waals surface area (Å²) in [4.78, 5) is 18.2. The van der Waals surface area contributed by atoms with Crippen LogP contribution in [0.5, 0.6) is 5.75 Å². The number of nitrogens with zero attached hydrogens (tertiary/aromatic N) is 2. The average Bonchev–Trinajstić information content (AvgIpc) is 2.65. The molecule has 0 N–H and O–H groups in total. The van der Waals surface area contributed by atoms with Crippen molar-refractivity contribution in [1.29, 1.82) is 0 Å². The third kappa shape index (κ3) is 3.29. The molecular formula is C20H15FN2O2. The van der Waals surface area contributed by atoms with E-state index in [1.54, 1.807) is 36.5 Å². The number of carbonyl (C=O) groups is 1. The van der Waals surface area contributed by atoms with Gasteiger partial charge in [-0.15, -0.1) is 6.42 Å². The first-order valence-electron chi connectivity index (χ1n) is 7.59. The fourth-order valence-corrected chi connectivity index (χ4v) is 2.50. The van der Waals surface area contributed by atoms with E-state index in [2.05, 4.69) is 10.9 Å². The second kappa shape index (κ2) is 7.02. The Hall–Kier alpha value is -3.39. The van der Waals surface area contributed by atoms with Crippen molar-refractivity contribution in [2.75, 3.05) is 18.6 Å². The highest BCUT2D eigenvalue weighted by molar-refractivity contribution is 6.07. The van der Waals surface area contributed by atoms with Crippen LogP contribution in [0.25, 0.3) is 10.9 Å². The fraction of sp³-hybridized carbons (Fsp3) is 0.100. The van der Waals surface area contributed by atoms with Gasteiger partial charge in [0.15, 0.2) is 11.6 Å². The molecule has 4 nitrogen and oxygen atoms in total. The summed E-state index contributed by atoms with van der Waals surface area (Å²) in [6, 6.07) is 13.4. The second-order valence-electron chi connectivity index (χ2n) is 5.36. The molecule has 0 atom stereocenters. The number of ether oxygens (including phenoxy) is 1. The highest BCUT2D eigenvalue weighted by Crippen LogP contribution is 2.28. The third-order valence-electron chi connectivity index (χ3n) is 3.77. The molecule has 1 aromatic heterocycles. The summed E-state index contributed by atoms with van der Waals surface area (Å²) < 4.78 is 19.7. The SMILES string of the molecule is C#CCOc1cccc(N(C)C(=O)c2ccc3ncccc3c2)c1F. The molecule has 25 heavy (non-hydrogen) atoms. The summed E-state index contributed by atoms with van der Waals surface area (Å²) in [7, 11) is 1.51. The highest BCUT2D eigenvalue weighted by atomic mass is 19.1. The minimum Gasteiger partial charge on any atom is -0.478 e. The van der Waals surface area contributed by atoms with Gasteiger partial charge in [-0.3, -0.25) is 9.78 Å². The number of aromatic nitrogens is 1. The van der Waals surface area contributed by atoms with E-state index in [1.807, 2.05) is 6.07 Å². The Kier molecular flexibility index (Phi) is 4.62.